The summed E-state index contributed by atoms with van der Waals surface area (Å²) in [6.07, 6.45) is 1.51. The Hall–Kier alpha value is -1.77. The first-order chi connectivity index (χ1) is 12.1. The van der Waals surface area contributed by atoms with Crippen molar-refractivity contribution in [3.63, 3.8) is 0 Å². The van der Waals surface area contributed by atoms with Gasteiger partial charge < -0.3 is 24.8 Å². The Balaban J connectivity index is 1.77. The Morgan fingerprint density at radius 3 is 2.76 bits per heavy atom. The van der Waals surface area contributed by atoms with E-state index in [0.29, 0.717) is 30.5 Å². The second kappa shape index (κ2) is 10.3. The Morgan fingerprint density at radius 1 is 1.36 bits per heavy atom. The number of hydrogen-bond donors (Lipinski definition) is 2. The zero-order valence-corrected chi connectivity index (χ0v) is 15.2. The Labute approximate surface area is 152 Å². The topological polar surface area (TPSA) is 87.2 Å². The van der Waals surface area contributed by atoms with E-state index in [1.807, 2.05) is 0 Å². The lowest BCUT2D eigenvalue weighted by Gasteiger charge is -2.35. The van der Waals surface area contributed by atoms with Crippen LogP contribution < -0.4 is 15.0 Å². The van der Waals surface area contributed by atoms with Crippen molar-refractivity contribution in [3.8, 4) is 5.75 Å². The second-order valence-electron chi connectivity index (χ2n) is 5.73. The third-order valence-corrected chi connectivity index (χ3v) is 4.23. The van der Waals surface area contributed by atoms with Crippen LogP contribution in [0.25, 0.3) is 0 Å². The van der Waals surface area contributed by atoms with Crippen molar-refractivity contribution in [1.29, 1.82) is 0 Å². The first-order valence-corrected chi connectivity index (χ1v) is 8.69. The van der Waals surface area contributed by atoms with Crippen LogP contribution in [0, 0.1) is 0 Å². The third kappa shape index (κ3) is 6.56. The van der Waals surface area contributed by atoms with E-state index in [1.165, 1.54) is 0 Å². The number of rotatable bonds is 9. The van der Waals surface area contributed by atoms with Crippen LogP contribution in [0.3, 0.4) is 0 Å². The molecule has 9 heteroatoms. The molecule has 25 heavy (non-hydrogen) atoms. The molecule has 1 aliphatic rings. The highest BCUT2D eigenvalue weighted by atomic mass is 35.5. The van der Waals surface area contributed by atoms with Crippen molar-refractivity contribution in [2.24, 2.45) is 0 Å². The number of hydrogen-bond acceptors (Lipinski definition) is 6. The van der Waals surface area contributed by atoms with E-state index < -0.39 is 6.09 Å². The maximum absolute atomic E-state index is 10.4. The molecule has 1 amide bonds. The summed E-state index contributed by atoms with van der Waals surface area (Å²) in [6, 6.07) is 1.78. The molecule has 0 atom stereocenters. The third-order valence-electron chi connectivity index (χ3n) is 3.95. The largest absolute Gasteiger partial charge is 0.490 e. The van der Waals surface area contributed by atoms with Gasteiger partial charge in [-0.1, -0.05) is 11.6 Å². The summed E-state index contributed by atoms with van der Waals surface area (Å²) in [6.45, 7) is 5.81. The fourth-order valence-electron chi connectivity index (χ4n) is 2.65. The average molecular weight is 373 g/mol. The monoisotopic (exact) mass is 372 g/mol. The highest BCUT2D eigenvalue weighted by Crippen LogP contribution is 2.27. The Bertz CT molecular complexity index is 553. The minimum atomic E-state index is -0.972. The Kier molecular flexibility index (Phi) is 8.03. The molecule has 1 fully saturated rings. The molecule has 2 rings (SSSR count). The molecule has 1 aromatic rings. The molecule has 140 valence electrons. The smallest absolute Gasteiger partial charge is 0.404 e. The molecule has 0 unspecified atom stereocenters. The van der Waals surface area contributed by atoms with Crippen LogP contribution >= 0.6 is 11.6 Å². The number of nitrogens with zero attached hydrogens (tertiary/aromatic N) is 3. The van der Waals surface area contributed by atoms with Gasteiger partial charge in [0.05, 0.1) is 17.8 Å². The summed E-state index contributed by atoms with van der Waals surface area (Å²) < 4.78 is 10.5. The molecule has 8 nitrogen and oxygen atoms in total. The number of ether oxygens (including phenoxy) is 2. The first kappa shape index (κ1) is 19.6. The molecule has 2 N–H and O–H groups in total. The maximum atomic E-state index is 10.4. The molecule has 0 radical (unpaired) electrons. The van der Waals surface area contributed by atoms with Crippen LogP contribution in [0.15, 0.2) is 12.3 Å². The zero-order chi connectivity index (χ0) is 18.1. The van der Waals surface area contributed by atoms with Gasteiger partial charge in [-0.05, 0) is 13.0 Å². The van der Waals surface area contributed by atoms with Crippen molar-refractivity contribution in [1.82, 2.24) is 15.2 Å². The molecule has 0 bridgehead atoms. The van der Waals surface area contributed by atoms with Crippen molar-refractivity contribution in [2.75, 3.05) is 64.5 Å². The summed E-state index contributed by atoms with van der Waals surface area (Å²) in [4.78, 5) is 19.3. The molecule has 2 heterocycles. The van der Waals surface area contributed by atoms with Gasteiger partial charge in [-0.2, -0.15) is 0 Å². The van der Waals surface area contributed by atoms with Gasteiger partial charge in [0.1, 0.15) is 18.2 Å². The van der Waals surface area contributed by atoms with E-state index in [1.54, 1.807) is 19.4 Å². The predicted octanol–water partition coefficient (Wildman–Crippen LogP) is 1.54. The van der Waals surface area contributed by atoms with Crippen LogP contribution in [-0.4, -0.2) is 80.7 Å². The van der Waals surface area contributed by atoms with Gasteiger partial charge in [-0.15, -0.1) is 0 Å². The van der Waals surface area contributed by atoms with Gasteiger partial charge >= 0.3 is 6.09 Å². The predicted molar refractivity (Wildman–Crippen MR) is 95.9 cm³/mol. The highest BCUT2D eigenvalue weighted by Gasteiger charge is 2.20. The van der Waals surface area contributed by atoms with Gasteiger partial charge in [0, 0.05) is 45.9 Å². The lowest BCUT2D eigenvalue weighted by Crippen LogP contribution is -2.47. The van der Waals surface area contributed by atoms with E-state index in [4.69, 9.17) is 26.2 Å². The summed E-state index contributed by atoms with van der Waals surface area (Å²) >= 11 is 6.35. The molecule has 0 saturated carbocycles. The summed E-state index contributed by atoms with van der Waals surface area (Å²) in [5, 5.41) is 11.5. The number of methoxy groups -OCH3 is 1. The fraction of sp³-hybridized carbons (Fsp3) is 0.625. The van der Waals surface area contributed by atoms with E-state index in [-0.39, 0.29) is 0 Å². The van der Waals surface area contributed by atoms with Crippen LogP contribution in [0.1, 0.15) is 6.42 Å². The molecule has 1 aromatic heterocycles. The quantitative estimate of drug-likeness (QED) is 0.636. The van der Waals surface area contributed by atoms with Gasteiger partial charge in [-0.25, -0.2) is 9.78 Å². The van der Waals surface area contributed by atoms with Crippen LogP contribution in [0.2, 0.25) is 5.02 Å². The minimum Gasteiger partial charge on any atom is -0.490 e. The summed E-state index contributed by atoms with van der Waals surface area (Å²) in [5.74, 6) is 1.41. The van der Waals surface area contributed by atoms with Crippen molar-refractivity contribution in [2.45, 2.75) is 6.42 Å². The lowest BCUT2D eigenvalue weighted by atomic mass is 10.2. The zero-order valence-electron chi connectivity index (χ0n) is 14.4. The standard InChI is InChI=1S/C16H25ClN4O4/c1-24-9-10-25-13-11-14(17)15(19-12-13)21-7-5-20(6-8-21)4-2-3-18-16(22)23/h11-12,18H,2-10H2,1H3,(H,22,23). The Morgan fingerprint density at radius 2 is 2.12 bits per heavy atom. The number of amides is 1. The SMILES string of the molecule is COCCOc1cnc(N2CCN(CCCNC(=O)O)CC2)c(Cl)c1. The summed E-state index contributed by atoms with van der Waals surface area (Å²) in [7, 11) is 1.63. The molecule has 0 aliphatic carbocycles. The van der Waals surface area contributed by atoms with Crippen LogP contribution in [0.4, 0.5) is 10.6 Å². The van der Waals surface area contributed by atoms with E-state index >= 15 is 0 Å². The number of anilines is 1. The number of halogens is 1. The number of piperazine rings is 1. The van der Waals surface area contributed by atoms with Gasteiger partial charge in [0.25, 0.3) is 0 Å². The van der Waals surface area contributed by atoms with E-state index in [9.17, 15) is 4.79 Å². The number of aromatic nitrogens is 1. The van der Waals surface area contributed by atoms with Crippen molar-refractivity contribution in [3.05, 3.63) is 17.3 Å². The summed E-state index contributed by atoms with van der Waals surface area (Å²) in [5.41, 5.74) is 0. The molecule has 1 aliphatic heterocycles. The molecular weight excluding hydrogens is 348 g/mol. The van der Waals surface area contributed by atoms with Crippen LogP contribution in [-0.2, 0) is 4.74 Å². The van der Waals surface area contributed by atoms with Gasteiger partial charge in [-0.3, -0.25) is 4.90 Å². The van der Waals surface area contributed by atoms with Crippen molar-refractivity contribution < 1.29 is 19.4 Å². The van der Waals surface area contributed by atoms with Gasteiger partial charge in [0.2, 0.25) is 0 Å². The lowest BCUT2D eigenvalue weighted by molar-refractivity contribution is 0.146. The number of nitrogens with one attached hydrogen (secondary N) is 1. The normalized spacial score (nSPS) is 15.2. The van der Waals surface area contributed by atoms with Gasteiger partial charge in [0.15, 0.2) is 0 Å². The number of carboxylic acid groups (broad SMARTS) is 1. The number of pyridine rings is 1. The molecule has 0 aromatic carbocycles. The number of carbonyl (C=O) groups is 1. The maximum Gasteiger partial charge on any atom is 0.404 e. The van der Waals surface area contributed by atoms with E-state index in [0.717, 1.165) is 45.0 Å². The van der Waals surface area contributed by atoms with Crippen LogP contribution in [0.5, 0.6) is 5.75 Å². The minimum absolute atomic E-state index is 0.462. The first-order valence-electron chi connectivity index (χ1n) is 8.31. The molecule has 1 saturated heterocycles. The van der Waals surface area contributed by atoms with Crippen molar-refractivity contribution >= 4 is 23.5 Å². The highest BCUT2D eigenvalue weighted by molar-refractivity contribution is 6.33. The van der Waals surface area contributed by atoms with E-state index in [2.05, 4.69) is 20.1 Å². The average Bonchev–Trinajstić information content (AvgIpc) is 2.60. The second-order valence-corrected chi connectivity index (χ2v) is 6.14. The fourth-order valence-corrected chi connectivity index (χ4v) is 2.92. The molecular formula is C16H25ClN4O4. The molecule has 0 spiro atoms.